The Morgan fingerprint density at radius 2 is 1.72 bits per heavy atom. The molecule has 2 aliphatic rings. The number of carbonyl (C=O) groups is 2. The highest BCUT2D eigenvalue weighted by atomic mass is 35.5. The van der Waals surface area contributed by atoms with Gasteiger partial charge in [-0.15, -0.1) is 0 Å². The lowest BCUT2D eigenvalue weighted by Crippen LogP contribution is -2.37. The Morgan fingerprint density at radius 1 is 1.10 bits per heavy atom. The number of carbonyl (C=O) groups excluding carboxylic acids is 2. The lowest BCUT2D eigenvalue weighted by atomic mass is 9.83. The molecule has 2 aromatic rings. The molecule has 0 saturated heterocycles. The number of aromatic hydroxyl groups is 1. The quantitative estimate of drug-likeness (QED) is 0.770. The summed E-state index contributed by atoms with van der Waals surface area (Å²) in [5, 5.41) is 10.7. The minimum Gasteiger partial charge on any atom is -0.502 e. The molecule has 1 atom stereocenters. The molecule has 2 heterocycles. The van der Waals surface area contributed by atoms with Crippen molar-refractivity contribution in [3.63, 3.8) is 0 Å². The Labute approximate surface area is 172 Å². The third kappa shape index (κ3) is 3.17. The van der Waals surface area contributed by atoms with Crippen LogP contribution in [0.15, 0.2) is 47.7 Å². The maximum atomic E-state index is 13.1. The van der Waals surface area contributed by atoms with Crippen molar-refractivity contribution in [3.05, 3.63) is 58.3 Å². The number of amides is 1. The van der Waals surface area contributed by atoms with Gasteiger partial charge in [0, 0.05) is 23.0 Å². The molecule has 0 saturated carbocycles. The zero-order valence-corrected chi connectivity index (χ0v) is 16.5. The fourth-order valence-corrected chi connectivity index (χ4v) is 3.87. The summed E-state index contributed by atoms with van der Waals surface area (Å²) in [5.41, 5.74) is 2.15. The monoisotopic (exact) mass is 415 g/mol. The molecular formula is C21H18ClNO6. The first-order valence-electron chi connectivity index (χ1n) is 8.88. The van der Waals surface area contributed by atoms with Crippen LogP contribution in [-0.2, 0) is 14.3 Å². The van der Waals surface area contributed by atoms with Crippen molar-refractivity contribution in [2.45, 2.75) is 12.3 Å². The van der Waals surface area contributed by atoms with Crippen LogP contribution in [0.1, 0.15) is 17.9 Å². The molecule has 1 N–H and O–H groups in total. The van der Waals surface area contributed by atoms with Crippen molar-refractivity contribution in [2.75, 3.05) is 25.7 Å². The van der Waals surface area contributed by atoms with Gasteiger partial charge in [0.15, 0.2) is 11.5 Å². The van der Waals surface area contributed by atoms with Crippen LogP contribution in [0.4, 0.5) is 5.69 Å². The summed E-state index contributed by atoms with van der Waals surface area (Å²) < 4.78 is 15.7. The number of benzene rings is 2. The van der Waals surface area contributed by atoms with Gasteiger partial charge in [0.25, 0.3) is 0 Å². The second-order valence-corrected chi connectivity index (χ2v) is 7.11. The van der Waals surface area contributed by atoms with E-state index in [2.05, 4.69) is 0 Å². The molecule has 0 bridgehead atoms. The van der Waals surface area contributed by atoms with Crippen LogP contribution in [0.25, 0.3) is 0 Å². The van der Waals surface area contributed by atoms with E-state index in [0.717, 1.165) is 0 Å². The standard InChI is InChI=1S/C21H18ClNO6/c1-27-16-7-11(8-17(28-2)20(16)25)14-9-18(24)23(13-5-3-12(22)4-6-13)15-10-29-21(26)19(14)15/h3-8,14,25H,9-10H2,1-2H3/t14-/m1/s1. The minimum absolute atomic E-state index is 0.00534. The summed E-state index contributed by atoms with van der Waals surface area (Å²) in [6, 6.07) is 10.0. The Bertz CT molecular complexity index is 1000. The number of ether oxygens (including phenoxy) is 3. The zero-order valence-electron chi connectivity index (χ0n) is 15.8. The summed E-state index contributed by atoms with van der Waals surface area (Å²) in [6.07, 6.45) is 0.0492. The number of hydrogen-bond acceptors (Lipinski definition) is 6. The summed E-state index contributed by atoms with van der Waals surface area (Å²) >= 11 is 5.96. The molecule has 2 aliphatic heterocycles. The Morgan fingerprint density at radius 3 is 2.31 bits per heavy atom. The number of halogens is 1. The molecule has 0 spiro atoms. The number of phenolic OH excluding ortho intramolecular Hbond substituents is 1. The van der Waals surface area contributed by atoms with E-state index < -0.39 is 11.9 Å². The largest absolute Gasteiger partial charge is 0.502 e. The van der Waals surface area contributed by atoms with Crippen LogP contribution in [0, 0.1) is 0 Å². The lowest BCUT2D eigenvalue weighted by Gasteiger charge is -2.32. The number of methoxy groups -OCH3 is 2. The molecule has 8 heteroatoms. The highest BCUT2D eigenvalue weighted by molar-refractivity contribution is 6.30. The maximum absolute atomic E-state index is 13.1. The Hall–Kier alpha value is -3.19. The van der Waals surface area contributed by atoms with Crippen molar-refractivity contribution in [1.82, 2.24) is 0 Å². The number of nitrogens with zero attached hydrogens (tertiary/aromatic N) is 1. The smallest absolute Gasteiger partial charge is 0.336 e. The Kier molecular flexibility index (Phi) is 4.84. The number of rotatable bonds is 4. The maximum Gasteiger partial charge on any atom is 0.336 e. The molecule has 150 valence electrons. The van der Waals surface area contributed by atoms with Crippen LogP contribution in [0.2, 0.25) is 5.02 Å². The fraction of sp³-hybridized carbons (Fsp3) is 0.238. The van der Waals surface area contributed by atoms with Gasteiger partial charge in [-0.25, -0.2) is 4.79 Å². The first-order valence-corrected chi connectivity index (χ1v) is 9.26. The van der Waals surface area contributed by atoms with Gasteiger partial charge >= 0.3 is 5.97 Å². The number of cyclic esters (lactones) is 1. The predicted octanol–water partition coefficient (Wildman–Crippen LogP) is 3.39. The molecule has 4 rings (SSSR count). The minimum atomic E-state index is -0.542. The van der Waals surface area contributed by atoms with Crippen LogP contribution < -0.4 is 14.4 Å². The summed E-state index contributed by atoms with van der Waals surface area (Å²) in [5.74, 6) is -0.949. The van der Waals surface area contributed by atoms with Gasteiger partial charge in [0.1, 0.15) is 6.61 Å². The molecule has 0 fully saturated rings. The summed E-state index contributed by atoms with van der Waals surface area (Å²) in [7, 11) is 2.84. The van der Waals surface area contributed by atoms with Gasteiger partial charge in [-0.1, -0.05) is 11.6 Å². The van der Waals surface area contributed by atoms with Crippen LogP contribution in [0.3, 0.4) is 0 Å². The third-order valence-electron chi connectivity index (χ3n) is 5.11. The SMILES string of the molecule is COc1cc([C@H]2CC(=O)N(c3ccc(Cl)cc3)C3=C2C(=O)OC3)cc(OC)c1O. The van der Waals surface area contributed by atoms with Gasteiger partial charge in [-0.2, -0.15) is 0 Å². The first kappa shape index (κ1) is 19.1. The van der Waals surface area contributed by atoms with Gasteiger partial charge in [-0.05, 0) is 42.0 Å². The average molecular weight is 416 g/mol. The number of esters is 1. The normalized spacial score (nSPS) is 18.6. The van der Waals surface area contributed by atoms with E-state index in [1.807, 2.05) is 0 Å². The highest BCUT2D eigenvalue weighted by Gasteiger charge is 2.43. The number of hydrogen-bond donors (Lipinski definition) is 1. The van der Waals surface area contributed by atoms with Crippen molar-refractivity contribution in [2.24, 2.45) is 0 Å². The fourth-order valence-electron chi connectivity index (χ4n) is 3.74. The molecule has 0 unspecified atom stereocenters. The molecule has 0 aromatic heterocycles. The van der Waals surface area contributed by atoms with Gasteiger partial charge in [-0.3, -0.25) is 9.69 Å². The second-order valence-electron chi connectivity index (χ2n) is 6.67. The van der Waals surface area contributed by atoms with Crippen molar-refractivity contribution >= 4 is 29.2 Å². The van der Waals surface area contributed by atoms with Gasteiger partial charge in [0.05, 0.1) is 25.5 Å². The second kappa shape index (κ2) is 7.33. The molecule has 2 aromatic carbocycles. The zero-order chi connectivity index (χ0) is 20.7. The average Bonchev–Trinajstić information content (AvgIpc) is 3.10. The van der Waals surface area contributed by atoms with Crippen LogP contribution in [0.5, 0.6) is 17.2 Å². The third-order valence-corrected chi connectivity index (χ3v) is 5.36. The molecular weight excluding hydrogens is 398 g/mol. The Balaban J connectivity index is 1.84. The van der Waals surface area contributed by atoms with E-state index in [4.69, 9.17) is 25.8 Å². The topological polar surface area (TPSA) is 85.3 Å². The van der Waals surface area contributed by atoms with E-state index in [1.165, 1.54) is 19.1 Å². The molecule has 1 amide bonds. The molecule has 7 nitrogen and oxygen atoms in total. The predicted molar refractivity (Wildman–Crippen MR) is 105 cm³/mol. The van der Waals surface area contributed by atoms with Gasteiger partial charge < -0.3 is 19.3 Å². The van der Waals surface area contributed by atoms with E-state index in [-0.39, 0.29) is 36.2 Å². The van der Waals surface area contributed by atoms with Crippen molar-refractivity contribution in [1.29, 1.82) is 0 Å². The van der Waals surface area contributed by atoms with E-state index in [9.17, 15) is 14.7 Å². The van der Waals surface area contributed by atoms with Crippen LogP contribution >= 0.6 is 11.6 Å². The summed E-state index contributed by atoms with van der Waals surface area (Å²) in [4.78, 5) is 27.1. The molecule has 0 aliphatic carbocycles. The lowest BCUT2D eigenvalue weighted by molar-refractivity contribution is -0.136. The van der Waals surface area contributed by atoms with E-state index in [1.54, 1.807) is 36.4 Å². The van der Waals surface area contributed by atoms with E-state index >= 15 is 0 Å². The number of anilines is 1. The van der Waals surface area contributed by atoms with Crippen molar-refractivity contribution < 1.29 is 28.9 Å². The molecule has 0 radical (unpaired) electrons. The van der Waals surface area contributed by atoms with E-state index in [0.29, 0.717) is 27.5 Å². The van der Waals surface area contributed by atoms with Gasteiger partial charge in [0.2, 0.25) is 11.7 Å². The number of phenols is 1. The van der Waals surface area contributed by atoms with Crippen molar-refractivity contribution in [3.8, 4) is 17.2 Å². The molecule has 29 heavy (non-hydrogen) atoms. The van der Waals surface area contributed by atoms with Crippen LogP contribution in [-0.4, -0.2) is 37.8 Å². The first-order chi connectivity index (χ1) is 13.9. The highest BCUT2D eigenvalue weighted by Crippen LogP contribution is 2.46. The summed E-state index contributed by atoms with van der Waals surface area (Å²) in [6.45, 7) is 0.00534.